The van der Waals surface area contributed by atoms with Gasteiger partial charge in [-0.3, -0.25) is 0 Å². The Morgan fingerprint density at radius 3 is 2.67 bits per heavy atom. The highest BCUT2D eigenvalue weighted by Crippen LogP contribution is 2.30. The molecule has 1 N–H and O–H groups in total. The zero-order chi connectivity index (χ0) is 15.5. The van der Waals surface area contributed by atoms with Crippen molar-refractivity contribution in [1.82, 2.24) is 5.32 Å². The predicted molar refractivity (Wildman–Crippen MR) is 82.7 cm³/mol. The van der Waals surface area contributed by atoms with E-state index in [1.54, 1.807) is 7.11 Å². The largest absolute Gasteiger partial charge is 0.493 e. The first kappa shape index (κ1) is 16.1. The van der Waals surface area contributed by atoms with Gasteiger partial charge in [-0.25, -0.2) is 8.42 Å². The van der Waals surface area contributed by atoms with E-state index in [2.05, 4.69) is 19.2 Å². The highest BCUT2D eigenvalue weighted by atomic mass is 32.2. The summed E-state index contributed by atoms with van der Waals surface area (Å²) in [6, 6.07) is 6.15. The van der Waals surface area contributed by atoms with Gasteiger partial charge in [-0.05, 0) is 24.1 Å². The van der Waals surface area contributed by atoms with Gasteiger partial charge in [0.1, 0.15) is 6.10 Å². The van der Waals surface area contributed by atoms with Gasteiger partial charge in [-0.15, -0.1) is 0 Å². The minimum absolute atomic E-state index is 0.0901. The summed E-state index contributed by atoms with van der Waals surface area (Å²) in [5.74, 6) is 1.54. The standard InChI is InChI=1S/C15H23NO4S/c1-11(2)16-9-12-4-5-14(15(8-12)19-3)20-13-6-7-21(17,18)10-13/h4-5,8,11,13,16H,6-7,9-10H2,1-3H3. The van der Waals surface area contributed by atoms with E-state index < -0.39 is 9.84 Å². The molecule has 21 heavy (non-hydrogen) atoms. The lowest BCUT2D eigenvalue weighted by atomic mass is 10.2. The van der Waals surface area contributed by atoms with Gasteiger partial charge in [0.2, 0.25) is 0 Å². The molecule has 1 heterocycles. The third kappa shape index (κ3) is 4.61. The fourth-order valence-electron chi connectivity index (χ4n) is 2.27. The van der Waals surface area contributed by atoms with Gasteiger partial charge in [-0.2, -0.15) is 0 Å². The van der Waals surface area contributed by atoms with Gasteiger partial charge in [0.25, 0.3) is 0 Å². The van der Waals surface area contributed by atoms with Crippen molar-refractivity contribution in [3.05, 3.63) is 23.8 Å². The summed E-state index contributed by atoms with van der Waals surface area (Å²) in [6.07, 6.45) is 0.269. The van der Waals surface area contributed by atoms with Crippen LogP contribution in [0.3, 0.4) is 0 Å². The molecule has 1 unspecified atom stereocenters. The second kappa shape index (κ2) is 6.66. The summed E-state index contributed by atoms with van der Waals surface area (Å²) >= 11 is 0. The fraction of sp³-hybridized carbons (Fsp3) is 0.600. The van der Waals surface area contributed by atoms with Gasteiger partial charge in [0.05, 0.1) is 18.6 Å². The minimum atomic E-state index is -2.94. The Kier molecular flexibility index (Phi) is 5.11. The fourth-order valence-corrected chi connectivity index (χ4v) is 3.86. The molecule has 0 aliphatic carbocycles. The maximum atomic E-state index is 11.5. The van der Waals surface area contributed by atoms with Crippen molar-refractivity contribution in [3.8, 4) is 11.5 Å². The SMILES string of the molecule is COc1cc(CNC(C)C)ccc1OC1CCS(=O)(=O)C1. The van der Waals surface area contributed by atoms with E-state index in [1.807, 2.05) is 18.2 Å². The predicted octanol–water partition coefficient (Wildman–Crippen LogP) is 1.76. The van der Waals surface area contributed by atoms with E-state index in [0.717, 1.165) is 12.1 Å². The second-order valence-corrected chi connectivity index (χ2v) is 7.89. The van der Waals surface area contributed by atoms with E-state index >= 15 is 0 Å². The third-order valence-electron chi connectivity index (χ3n) is 3.43. The maximum absolute atomic E-state index is 11.5. The Morgan fingerprint density at radius 2 is 2.10 bits per heavy atom. The van der Waals surface area contributed by atoms with Crippen molar-refractivity contribution < 1.29 is 17.9 Å². The topological polar surface area (TPSA) is 64.6 Å². The number of benzene rings is 1. The van der Waals surface area contributed by atoms with Crippen LogP contribution in [0.25, 0.3) is 0 Å². The van der Waals surface area contributed by atoms with Crippen molar-refractivity contribution in [2.75, 3.05) is 18.6 Å². The number of hydrogen-bond acceptors (Lipinski definition) is 5. The van der Waals surface area contributed by atoms with E-state index in [1.165, 1.54) is 0 Å². The third-order valence-corrected chi connectivity index (χ3v) is 5.16. The monoisotopic (exact) mass is 313 g/mol. The lowest BCUT2D eigenvalue weighted by Gasteiger charge is -2.16. The average molecular weight is 313 g/mol. The average Bonchev–Trinajstić information content (AvgIpc) is 2.76. The molecule has 0 spiro atoms. The normalized spacial score (nSPS) is 20.7. The number of rotatable bonds is 6. The Morgan fingerprint density at radius 1 is 1.33 bits per heavy atom. The number of nitrogens with one attached hydrogen (secondary N) is 1. The molecule has 5 nitrogen and oxygen atoms in total. The van der Waals surface area contributed by atoms with E-state index in [4.69, 9.17) is 9.47 Å². The molecular formula is C15H23NO4S. The van der Waals surface area contributed by atoms with Crippen LogP contribution in [-0.2, 0) is 16.4 Å². The molecule has 1 saturated heterocycles. The molecule has 6 heteroatoms. The summed E-state index contributed by atoms with van der Waals surface area (Å²) in [4.78, 5) is 0. The maximum Gasteiger partial charge on any atom is 0.161 e. The van der Waals surface area contributed by atoms with Crippen molar-refractivity contribution in [1.29, 1.82) is 0 Å². The van der Waals surface area contributed by atoms with Gasteiger partial charge in [0.15, 0.2) is 21.3 Å². The lowest BCUT2D eigenvalue weighted by molar-refractivity contribution is 0.218. The Labute approximate surface area is 126 Å². The molecule has 1 fully saturated rings. The Hall–Kier alpha value is -1.27. The molecule has 1 aliphatic heterocycles. The summed E-state index contributed by atoms with van der Waals surface area (Å²) in [5, 5.41) is 3.34. The molecule has 1 aromatic carbocycles. The molecule has 2 rings (SSSR count). The smallest absolute Gasteiger partial charge is 0.161 e. The molecule has 1 aliphatic rings. The van der Waals surface area contributed by atoms with Gasteiger partial charge in [-0.1, -0.05) is 19.9 Å². The van der Waals surface area contributed by atoms with Crippen LogP contribution < -0.4 is 14.8 Å². The molecule has 0 bridgehead atoms. The van der Waals surface area contributed by atoms with Crippen LogP contribution in [0.4, 0.5) is 0 Å². The van der Waals surface area contributed by atoms with Gasteiger partial charge < -0.3 is 14.8 Å². The molecule has 0 aromatic heterocycles. The summed E-state index contributed by atoms with van der Waals surface area (Å²) < 4.78 is 34.1. The highest BCUT2D eigenvalue weighted by Gasteiger charge is 2.30. The molecule has 0 amide bonds. The van der Waals surface area contributed by atoms with E-state index in [-0.39, 0.29) is 17.6 Å². The molecule has 1 atom stereocenters. The van der Waals surface area contributed by atoms with Crippen molar-refractivity contribution in [2.45, 2.75) is 39.0 Å². The summed E-state index contributed by atoms with van der Waals surface area (Å²) in [5.41, 5.74) is 1.10. The van der Waals surface area contributed by atoms with Crippen LogP contribution in [0.1, 0.15) is 25.8 Å². The number of hydrogen-bond donors (Lipinski definition) is 1. The first-order chi connectivity index (χ1) is 9.89. The molecular weight excluding hydrogens is 290 g/mol. The van der Waals surface area contributed by atoms with Crippen molar-refractivity contribution in [2.24, 2.45) is 0 Å². The summed E-state index contributed by atoms with van der Waals surface area (Å²) in [6.45, 7) is 4.94. The van der Waals surface area contributed by atoms with E-state index in [0.29, 0.717) is 24.0 Å². The number of methoxy groups -OCH3 is 1. The molecule has 1 aromatic rings. The van der Waals surface area contributed by atoms with Crippen LogP contribution in [0.2, 0.25) is 0 Å². The second-order valence-electron chi connectivity index (χ2n) is 5.66. The van der Waals surface area contributed by atoms with Crippen LogP contribution in [-0.4, -0.2) is 39.2 Å². The minimum Gasteiger partial charge on any atom is -0.493 e. The summed E-state index contributed by atoms with van der Waals surface area (Å²) in [7, 11) is -1.35. The highest BCUT2D eigenvalue weighted by molar-refractivity contribution is 7.91. The molecule has 0 saturated carbocycles. The first-order valence-corrected chi connectivity index (χ1v) is 8.99. The van der Waals surface area contributed by atoms with Gasteiger partial charge in [0, 0.05) is 12.6 Å². The number of ether oxygens (including phenoxy) is 2. The van der Waals surface area contributed by atoms with Gasteiger partial charge >= 0.3 is 0 Å². The van der Waals surface area contributed by atoms with Crippen molar-refractivity contribution >= 4 is 9.84 Å². The van der Waals surface area contributed by atoms with Crippen LogP contribution >= 0.6 is 0 Å². The quantitative estimate of drug-likeness (QED) is 0.867. The Balaban J connectivity index is 2.06. The lowest BCUT2D eigenvalue weighted by Crippen LogP contribution is -2.22. The van der Waals surface area contributed by atoms with Crippen molar-refractivity contribution in [3.63, 3.8) is 0 Å². The zero-order valence-corrected chi connectivity index (χ0v) is 13.6. The zero-order valence-electron chi connectivity index (χ0n) is 12.8. The number of sulfone groups is 1. The first-order valence-electron chi connectivity index (χ1n) is 7.17. The molecule has 118 valence electrons. The van der Waals surface area contributed by atoms with Crippen LogP contribution in [0.5, 0.6) is 11.5 Å². The molecule has 0 radical (unpaired) electrons. The van der Waals surface area contributed by atoms with E-state index in [9.17, 15) is 8.42 Å². The Bertz CT molecular complexity index is 583. The van der Waals surface area contributed by atoms with Crippen LogP contribution in [0, 0.1) is 0 Å². The van der Waals surface area contributed by atoms with Crippen LogP contribution in [0.15, 0.2) is 18.2 Å².